The number of aryl methyl sites for hydroxylation is 1. The Balaban J connectivity index is 1.80. The average Bonchev–Trinajstić information content (AvgIpc) is 3.10. The van der Waals surface area contributed by atoms with Gasteiger partial charge in [-0.05, 0) is 22.7 Å². The molecule has 0 saturated heterocycles. The quantitative estimate of drug-likeness (QED) is 0.430. The van der Waals surface area contributed by atoms with Crippen molar-refractivity contribution in [2.45, 2.75) is 12.8 Å². The number of rotatable bonds is 6. The predicted octanol–water partition coefficient (Wildman–Crippen LogP) is 0.266. The molecule has 0 unspecified atom stereocenters. The van der Waals surface area contributed by atoms with Gasteiger partial charge in [-0.15, -0.1) is 0 Å². The molecule has 1 saturated carbocycles. The van der Waals surface area contributed by atoms with Gasteiger partial charge in [0.2, 0.25) is 18.1 Å². The first-order chi connectivity index (χ1) is 8.59. The molecule has 0 aliphatic heterocycles. The molecule has 1 aliphatic carbocycles. The van der Waals surface area contributed by atoms with E-state index < -0.39 is 4.92 Å². The van der Waals surface area contributed by atoms with Gasteiger partial charge >= 0.3 is 5.82 Å². The Hall–Kier alpha value is -2.12. The zero-order chi connectivity index (χ0) is 13.1. The number of aromatic nitrogens is 2. The summed E-state index contributed by atoms with van der Waals surface area (Å²) in [5, 5.41) is 16.4. The summed E-state index contributed by atoms with van der Waals surface area (Å²) in [7, 11) is 1.67. The SMILES string of the molecule is Cn1cnc([N+](=O)[O-])c1NCCNC(=O)C1CC1. The van der Waals surface area contributed by atoms with Crippen molar-refractivity contribution in [1.82, 2.24) is 14.9 Å². The predicted molar refractivity (Wildman–Crippen MR) is 64.1 cm³/mol. The van der Waals surface area contributed by atoms with E-state index in [2.05, 4.69) is 15.6 Å². The van der Waals surface area contributed by atoms with Crippen LogP contribution in [0, 0.1) is 16.0 Å². The molecule has 8 heteroatoms. The first-order valence-corrected chi connectivity index (χ1v) is 5.77. The van der Waals surface area contributed by atoms with E-state index in [9.17, 15) is 14.9 Å². The highest BCUT2D eigenvalue weighted by Crippen LogP contribution is 2.28. The van der Waals surface area contributed by atoms with Gasteiger partial charge in [-0.1, -0.05) is 0 Å². The van der Waals surface area contributed by atoms with E-state index in [0.29, 0.717) is 18.9 Å². The molecule has 1 fully saturated rings. The number of imidazole rings is 1. The van der Waals surface area contributed by atoms with E-state index >= 15 is 0 Å². The van der Waals surface area contributed by atoms with Crippen LogP contribution in [0.3, 0.4) is 0 Å². The molecular weight excluding hydrogens is 238 g/mol. The standard InChI is InChI=1S/C10H15N5O3/c1-14-6-13-9(15(17)18)8(14)11-4-5-12-10(16)7-2-3-7/h6-7,11H,2-5H2,1H3,(H,12,16). The van der Waals surface area contributed by atoms with Gasteiger partial charge < -0.3 is 20.7 Å². The summed E-state index contributed by atoms with van der Waals surface area (Å²) in [6.45, 7) is 0.872. The molecule has 1 aliphatic rings. The van der Waals surface area contributed by atoms with Crippen LogP contribution in [-0.4, -0.2) is 33.5 Å². The van der Waals surface area contributed by atoms with Crippen LogP contribution in [0.25, 0.3) is 0 Å². The second-order valence-corrected chi connectivity index (χ2v) is 4.28. The zero-order valence-electron chi connectivity index (χ0n) is 10.0. The Morgan fingerprint density at radius 2 is 2.33 bits per heavy atom. The van der Waals surface area contributed by atoms with E-state index in [1.807, 2.05) is 0 Å². The molecule has 2 rings (SSSR count). The monoisotopic (exact) mass is 253 g/mol. The Morgan fingerprint density at radius 1 is 1.61 bits per heavy atom. The van der Waals surface area contributed by atoms with Gasteiger partial charge in [0.05, 0.1) is 0 Å². The molecule has 98 valence electrons. The van der Waals surface area contributed by atoms with Gasteiger partial charge in [-0.25, -0.2) is 0 Å². The number of hydrogen-bond acceptors (Lipinski definition) is 5. The van der Waals surface area contributed by atoms with Crippen LogP contribution in [0.1, 0.15) is 12.8 Å². The summed E-state index contributed by atoms with van der Waals surface area (Å²) < 4.78 is 1.54. The molecule has 0 radical (unpaired) electrons. The van der Waals surface area contributed by atoms with E-state index in [-0.39, 0.29) is 17.6 Å². The number of nitro groups is 1. The molecule has 8 nitrogen and oxygen atoms in total. The maximum absolute atomic E-state index is 11.3. The first kappa shape index (κ1) is 12.3. The maximum atomic E-state index is 11.3. The van der Waals surface area contributed by atoms with Crippen molar-refractivity contribution in [3.63, 3.8) is 0 Å². The minimum absolute atomic E-state index is 0.0660. The Morgan fingerprint density at radius 3 is 2.94 bits per heavy atom. The number of hydrogen-bond donors (Lipinski definition) is 2. The van der Waals surface area contributed by atoms with Gasteiger partial charge in [-0.2, -0.15) is 0 Å². The highest BCUT2D eigenvalue weighted by molar-refractivity contribution is 5.80. The van der Waals surface area contributed by atoms with Crippen molar-refractivity contribution in [2.75, 3.05) is 18.4 Å². The van der Waals surface area contributed by atoms with Crippen molar-refractivity contribution in [1.29, 1.82) is 0 Å². The minimum Gasteiger partial charge on any atom is -0.363 e. The number of nitrogens with one attached hydrogen (secondary N) is 2. The lowest BCUT2D eigenvalue weighted by molar-refractivity contribution is -0.388. The van der Waals surface area contributed by atoms with Crippen molar-refractivity contribution in [3.8, 4) is 0 Å². The lowest BCUT2D eigenvalue weighted by atomic mass is 10.4. The zero-order valence-corrected chi connectivity index (χ0v) is 10.0. The fourth-order valence-corrected chi connectivity index (χ4v) is 1.61. The molecule has 1 aromatic rings. The smallest absolute Gasteiger partial charge is 0.363 e. The highest BCUT2D eigenvalue weighted by atomic mass is 16.6. The van der Waals surface area contributed by atoms with Crippen LogP contribution in [0.5, 0.6) is 0 Å². The van der Waals surface area contributed by atoms with Crippen LogP contribution in [-0.2, 0) is 11.8 Å². The molecule has 2 N–H and O–H groups in total. The number of amides is 1. The van der Waals surface area contributed by atoms with Gasteiger partial charge in [0.1, 0.15) is 0 Å². The molecule has 0 atom stereocenters. The largest absolute Gasteiger partial charge is 0.406 e. The summed E-state index contributed by atoms with van der Waals surface area (Å²) >= 11 is 0. The van der Waals surface area contributed by atoms with Crippen LogP contribution in [0.2, 0.25) is 0 Å². The molecule has 18 heavy (non-hydrogen) atoms. The number of nitrogens with zero attached hydrogens (tertiary/aromatic N) is 3. The third-order valence-corrected chi connectivity index (χ3v) is 2.76. The molecule has 0 spiro atoms. The second-order valence-electron chi connectivity index (χ2n) is 4.28. The van der Waals surface area contributed by atoms with Crippen LogP contribution in [0.4, 0.5) is 11.6 Å². The van der Waals surface area contributed by atoms with Gasteiger partial charge in [-0.3, -0.25) is 9.36 Å². The number of carbonyl (C=O) groups excluding carboxylic acids is 1. The van der Waals surface area contributed by atoms with Crippen molar-refractivity contribution in [3.05, 3.63) is 16.4 Å². The minimum atomic E-state index is -0.537. The Labute approximate surface area is 104 Å². The molecule has 1 aromatic heterocycles. The Kier molecular flexibility index (Phi) is 3.45. The molecular formula is C10H15N5O3. The molecule has 1 heterocycles. The lowest BCUT2D eigenvalue weighted by Gasteiger charge is -2.07. The average molecular weight is 253 g/mol. The van der Waals surface area contributed by atoms with Crippen LogP contribution in [0.15, 0.2) is 6.33 Å². The number of anilines is 1. The van der Waals surface area contributed by atoms with E-state index in [4.69, 9.17) is 0 Å². The summed E-state index contributed by atoms with van der Waals surface area (Å²) in [6, 6.07) is 0. The molecule has 1 amide bonds. The van der Waals surface area contributed by atoms with Gasteiger partial charge in [0.25, 0.3) is 0 Å². The van der Waals surface area contributed by atoms with E-state index in [1.165, 1.54) is 6.33 Å². The first-order valence-electron chi connectivity index (χ1n) is 5.77. The maximum Gasteiger partial charge on any atom is 0.406 e. The summed E-state index contributed by atoms with van der Waals surface area (Å²) in [6.07, 6.45) is 3.31. The van der Waals surface area contributed by atoms with Crippen LogP contribution >= 0.6 is 0 Å². The lowest BCUT2D eigenvalue weighted by Crippen LogP contribution is -2.30. The summed E-state index contributed by atoms with van der Waals surface area (Å²) in [5.41, 5.74) is 0. The van der Waals surface area contributed by atoms with Crippen molar-refractivity contribution in [2.24, 2.45) is 13.0 Å². The second kappa shape index (κ2) is 5.03. The third kappa shape index (κ3) is 2.76. The van der Waals surface area contributed by atoms with Crippen molar-refractivity contribution >= 4 is 17.5 Å². The highest BCUT2D eigenvalue weighted by Gasteiger charge is 2.29. The fraction of sp³-hybridized carbons (Fsp3) is 0.600. The van der Waals surface area contributed by atoms with Crippen molar-refractivity contribution < 1.29 is 9.72 Å². The normalized spacial score (nSPS) is 14.3. The van der Waals surface area contributed by atoms with Gasteiger partial charge in [0, 0.05) is 26.1 Å². The topological polar surface area (TPSA) is 102 Å². The Bertz CT molecular complexity index is 466. The fourth-order valence-electron chi connectivity index (χ4n) is 1.61. The summed E-state index contributed by atoms with van der Waals surface area (Å²) in [4.78, 5) is 25.2. The molecule has 0 bridgehead atoms. The van der Waals surface area contributed by atoms with E-state index in [0.717, 1.165) is 12.8 Å². The summed E-state index contributed by atoms with van der Waals surface area (Å²) in [5.74, 6) is 0.388. The molecule has 0 aromatic carbocycles. The van der Waals surface area contributed by atoms with E-state index in [1.54, 1.807) is 11.6 Å². The third-order valence-electron chi connectivity index (χ3n) is 2.76. The van der Waals surface area contributed by atoms with Crippen LogP contribution < -0.4 is 10.6 Å². The number of carbonyl (C=O) groups is 1. The van der Waals surface area contributed by atoms with Gasteiger partial charge in [0.15, 0.2) is 0 Å².